The molecule has 2 aromatic rings. The second kappa shape index (κ2) is 8.00. The summed E-state index contributed by atoms with van der Waals surface area (Å²) < 4.78 is 5.89. The molecule has 0 aliphatic rings. The average molecular weight is 325 g/mol. The first-order chi connectivity index (χ1) is 11.5. The Hall–Kier alpha value is -2.29. The summed E-state index contributed by atoms with van der Waals surface area (Å²) >= 11 is 0. The van der Waals surface area contributed by atoms with Crippen molar-refractivity contribution in [1.82, 2.24) is 0 Å². The van der Waals surface area contributed by atoms with Crippen molar-refractivity contribution in [2.75, 3.05) is 5.32 Å². The van der Waals surface area contributed by atoms with Gasteiger partial charge >= 0.3 is 0 Å². The summed E-state index contributed by atoms with van der Waals surface area (Å²) in [5, 5.41) is 3.07. The number of ether oxygens (including phenoxy) is 1. The first-order valence-electron chi connectivity index (χ1n) is 8.61. The molecule has 0 aromatic heterocycles. The molecular formula is C21H27NO2. The summed E-state index contributed by atoms with van der Waals surface area (Å²) in [4.78, 5) is 12.6. The molecule has 0 aliphatic carbocycles. The van der Waals surface area contributed by atoms with Gasteiger partial charge in [0.05, 0.1) is 0 Å². The van der Waals surface area contributed by atoms with Crippen LogP contribution in [-0.4, -0.2) is 12.0 Å². The maximum absolute atomic E-state index is 12.6. The third-order valence-electron chi connectivity index (χ3n) is 4.26. The standard InChI is InChI=1S/C21H27NO2/c1-6-17-9-8-10-18(7-2)20(17)22-21(23)16(5)24-19-13-14(3)11-12-15(19)4/h8-13,16H,6-7H2,1-5H3,(H,22,23)/t16-/m1/s1. The molecule has 3 nitrogen and oxygen atoms in total. The van der Waals surface area contributed by atoms with E-state index in [1.165, 1.54) is 0 Å². The number of carbonyl (C=O) groups excluding carboxylic acids is 1. The predicted octanol–water partition coefficient (Wildman–Crippen LogP) is 4.83. The van der Waals surface area contributed by atoms with Crippen molar-refractivity contribution in [1.29, 1.82) is 0 Å². The number of rotatable bonds is 6. The van der Waals surface area contributed by atoms with Crippen molar-refractivity contribution in [3.8, 4) is 5.75 Å². The highest BCUT2D eigenvalue weighted by molar-refractivity contribution is 5.95. The van der Waals surface area contributed by atoms with Crippen LogP contribution in [0.4, 0.5) is 5.69 Å². The fourth-order valence-electron chi connectivity index (χ4n) is 2.71. The van der Waals surface area contributed by atoms with E-state index >= 15 is 0 Å². The summed E-state index contributed by atoms with van der Waals surface area (Å²) in [6.07, 6.45) is 1.21. The Morgan fingerprint density at radius 2 is 1.71 bits per heavy atom. The van der Waals surface area contributed by atoms with Gasteiger partial charge in [-0.15, -0.1) is 0 Å². The van der Waals surface area contributed by atoms with E-state index in [1.54, 1.807) is 6.92 Å². The van der Waals surface area contributed by atoms with E-state index in [0.29, 0.717) is 0 Å². The molecule has 1 amide bonds. The smallest absolute Gasteiger partial charge is 0.265 e. The van der Waals surface area contributed by atoms with Crippen molar-refractivity contribution in [2.24, 2.45) is 0 Å². The fourth-order valence-corrected chi connectivity index (χ4v) is 2.71. The van der Waals surface area contributed by atoms with Gasteiger partial charge in [-0.2, -0.15) is 0 Å². The minimum Gasteiger partial charge on any atom is -0.481 e. The fraction of sp³-hybridized carbons (Fsp3) is 0.381. The zero-order chi connectivity index (χ0) is 17.7. The predicted molar refractivity (Wildman–Crippen MR) is 99.8 cm³/mol. The van der Waals surface area contributed by atoms with Crippen LogP contribution in [0.2, 0.25) is 0 Å². The summed E-state index contributed by atoms with van der Waals surface area (Å²) in [6, 6.07) is 12.2. The number of carbonyl (C=O) groups is 1. The van der Waals surface area contributed by atoms with Crippen molar-refractivity contribution in [3.05, 3.63) is 58.7 Å². The molecule has 0 saturated carbocycles. The van der Waals surface area contributed by atoms with Crippen LogP contribution in [0.3, 0.4) is 0 Å². The normalized spacial score (nSPS) is 11.9. The van der Waals surface area contributed by atoms with Crippen LogP contribution in [0.15, 0.2) is 36.4 Å². The Balaban J connectivity index is 2.16. The first-order valence-corrected chi connectivity index (χ1v) is 8.61. The molecule has 1 N–H and O–H groups in total. The molecule has 0 spiro atoms. The minimum absolute atomic E-state index is 0.119. The van der Waals surface area contributed by atoms with Crippen molar-refractivity contribution < 1.29 is 9.53 Å². The highest BCUT2D eigenvalue weighted by Gasteiger charge is 2.18. The lowest BCUT2D eigenvalue weighted by molar-refractivity contribution is -0.122. The van der Waals surface area contributed by atoms with E-state index in [2.05, 4.69) is 31.3 Å². The Morgan fingerprint density at radius 3 is 2.29 bits per heavy atom. The molecule has 24 heavy (non-hydrogen) atoms. The lowest BCUT2D eigenvalue weighted by atomic mass is 10.0. The summed E-state index contributed by atoms with van der Waals surface area (Å²) in [5.41, 5.74) is 5.39. The molecule has 0 heterocycles. The SMILES string of the molecule is CCc1cccc(CC)c1NC(=O)[C@@H](C)Oc1cc(C)ccc1C. The van der Waals surface area contributed by atoms with Crippen LogP contribution in [0.5, 0.6) is 5.75 Å². The molecule has 0 bridgehead atoms. The molecule has 0 unspecified atom stereocenters. The zero-order valence-electron chi connectivity index (χ0n) is 15.3. The van der Waals surface area contributed by atoms with Crippen molar-refractivity contribution >= 4 is 11.6 Å². The largest absolute Gasteiger partial charge is 0.481 e. The monoisotopic (exact) mass is 325 g/mol. The van der Waals surface area contributed by atoms with Gasteiger partial charge in [0.1, 0.15) is 5.75 Å². The summed E-state index contributed by atoms with van der Waals surface area (Å²) in [6.45, 7) is 9.99. The second-order valence-electron chi connectivity index (χ2n) is 6.18. The van der Waals surface area contributed by atoms with Gasteiger partial charge in [-0.1, -0.05) is 44.2 Å². The highest BCUT2D eigenvalue weighted by Crippen LogP contribution is 2.24. The van der Waals surface area contributed by atoms with E-state index in [4.69, 9.17) is 4.74 Å². The van der Waals surface area contributed by atoms with Crippen LogP contribution in [0.25, 0.3) is 0 Å². The summed E-state index contributed by atoms with van der Waals surface area (Å²) in [5.74, 6) is 0.642. The van der Waals surface area contributed by atoms with Gasteiger partial charge < -0.3 is 10.1 Å². The van der Waals surface area contributed by atoms with E-state index in [9.17, 15) is 4.79 Å². The number of anilines is 1. The molecule has 2 rings (SSSR count). The summed E-state index contributed by atoms with van der Waals surface area (Å²) in [7, 11) is 0. The van der Waals surface area contributed by atoms with Crippen molar-refractivity contribution in [2.45, 2.75) is 53.6 Å². The molecule has 1 atom stereocenters. The van der Waals surface area contributed by atoms with Crippen LogP contribution < -0.4 is 10.1 Å². The quantitative estimate of drug-likeness (QED) is 0.826. The molecule has 0 saturated heterocycles. The molecular weight excluding hydrogens is 298 g/mol. The number of hydrogen-bond donors (Lipinski definition) is 1. The van der Waals surface area contributed by atoms with E-state index < -0.39 is 6.10 Å². The van der Waals surface area contributed by atoms with Gasteiger partial charge in [-0.3, -0.25) is 4.79 Å². The first kappa shape index (κ1) is 18.1. The average Bonchev–Trinajstić information content (AvgIpc) is 2.58. The van der Waals surface area contributed by atoms with E-state index in [1.807, 2.05) is 38.1 Å². The lowest BCUT2D eigenvalue weighted by Gasteiger charge is -2.19. The Bertz CT molecular complexity index is 700. The van der Waals surface area contributed by atoms with Crippen LogP contribution in [0, 0.1) is 13.8 Å². The van der Waals surface area contributed by atoms with Crippen LogP contribution in [-0.2, 0) is 17.6 Å². The Kier molecular flexibility index (Phi) is 6.02. The molecule has 0 fully saturated rings. The number of benzene rings is 2. The van der Waals surface area contributed by atoms with E-state index in [0.717, 1.165) is 46.5 Å². The second-order valence-corrected chi connectivity index (χ2v) is 6.18. The van der Waals surface area contributed by atoms with Gasteiger partial charge in [0, 0.05) is 5.69 Å². The van der Waals surface area contributed by atoms with Gasteiger partial charge in [-0.25, -0.2) is 0 Å². The Morgan fingerprint density at radius 1 is 1.08 bits per heavy atom. The maximum atomic E-state index is 12.6. The van der Waals surface area contributed by atoms with E-state index in [-0.39, 0.29) is 5.91 Å². The third-order valence-corrected chi connectivity index (χ3v) is 4.26. The highest BCUT2D eigenvalue weighted by atomic mass is 16.5. The zero-order valence-corrected chi connectivity index (χ0v) is 15.3. The number of para-hydroxylation sites is 1. The number of hydrogen-bond acceptors (Lipinski definition) is 2. The van der Waals surface area contributed by atoms with Gasteiger partial charge in [0.25, 0.3) is 5.91 Å². The number of aryl methyl sites for hydroxylation is 4. The molecule has 0 aliphatic heterocycles. The lowest BCUT2D eigenvalue weighted by Crippen LogP contribution is -2.31. The molecule has 2 aromatic carbocycles. The molecule has 3 heteroatoms. The molecule has 0 radical (unpaired) electrons. The maximum Gasteiger partial charge on any atom is 0.265 e. The molecule has 128 valence electrons. The third kappa shape index (κ3) is 4.16. The van der Waals surface area contributed by atoms with Gasteiger partial charge in [-0.05, 0) is 61.9 Å². The number of nitrogens with one attached hydrogen (secondary N) is 1. The van der Waals surface area contributed by atoms with Crippen LogP contribution in [0.1, 0.15) is 43.0 Å². The number of amides is 1. The van der Waals surface area contributed by atoms with Crippen molar-refractivity contribution in [3.63, 3.8) is 0 Å². The van der Waals surface area contributed by atoms with Crippen LogP contribution >= 0.6 is 0 Å². The van der Waals surface area contributed by atoms with Gasteiger partial charge in [0.2, 0.25) is 0 Å². The van der Waals surface area contributed by atoms with Gasteiger partial charge in [0.15, 0.2) is 6.10 Å². The minimum atomic E-state index is -0.555. The Labute approximate surface area is 145 Å². The topological polar surface area (TPSA) is 38.3 Å².